The Morgan fingerprint density at radius 1 is 0.838 bits per heavy atom. The maximum Gasteiger partial charge on any atom is 0.308 e. The number of thiazole rings is 1. The van der Waals surface area contributed by atoms with E-state index in [1.807, 2.05) is 30.3 Å². The zero-order valence-corrected chi connectivity index (χ0v) is 22.2. The van der Waals surface area contributed by atoms with Gasteiger partial charge in [0.1, 0.15) is 0 Å². The van der Waals surface area contributed by atoms with Crippen LogP contribution in [0.4, 0.5) is 0 Å². The normalized spacial score (nSPS) is 16.5. The molecule has 1 fully saturated rings. The van der Waals surface area contributed by atoms with Crippen molar-refractivity contribution in [3.05, 3.63) is 86.5 Å². The summed E-state index contributed by atoms with van der Waals surface area (Å²) in [6.07, 6.45) is 0. The highest BCUT2D eigenvalue weighted by atomic mass is 35.5. The molecular formula is C26H24ClN3O5S2. The molecule has 0 atom stereocenters. The number of hydrogen-bond donors (Lipinski definition) is 0. The van der Waals surface area contributed by atoms with E-state index in [1.165, 1.54) is 4.31 Å². The standard InChI is InChI=1S/C26H24ClN3O5S2/c27-20-4-1-18(2-5-20)16-30-22-7-6-21(14-25(22)36-26(30)31)37(32,33)29-11-9-28(10-12-29)15-19-3-8-23-24(13-19)35-17-34-23/h1-8,13-14H,9-12,15-17H2. The third kappa shape index (κ3) is 4.87. The number of nitrogens with zero attached hydrogens (tertiary/aromatic N) is 3. The Bertz CT molecular complexity index is 1620. The third-order valence-electron chi connectivity index (χ3n) is 6.71. The van der Waals surface area contributed by atoms with Crippen molar-refractivity contribution in [2.75, 3.05) is 33.0 Å². The minimum Gasteiger partial charge on any atom is -0.454 e. The predicted octanol–water partition coefficient (Wildman–Crippen LogP) is 4.00. The SMILES string of the molecule is O=c1sc2cc(S(=O)(=O)N3CCN(Cc4ccc5c(c4)OCO5)CC3)ccc2n1Cc1ccc(Cl)cc1. The Morgan fingerprint density at radius 2 is 1.57 bits per heavy atom. The molecule has 4 aromatic rings. The van der Waals surface area contributed by atoms with E-state index in [-0.39, 0.29) is 16.6 Å². The highest BCUT2D eigenvalue weighted by molar-refractivity contribution is 7.89. The molecule has 1 aromatic heterocycles. The van der Waals surface area contributed by atoms with Gasteiger partial charge in [0, 0.05) is 37.7 Å². The molecule has 0 aliphatic carbocycles. The van der Waals surface area contributed by atoms with E-state index in [0.717, 1.165) is 39.5 Å². The second kappa shape index (κ2) is 9.77. The average molecular weight is 558 g/mol. The number of hydrogen-bond acceptors (Lipinski definition) is 7. The fourth-order valence-electron chi connectivity index (χ4n) is 4.70. The molecule has 0 spiro atoms. The highest BCUT2D eigenvalue weighted by Gasteiger charge is 2.29. The molecule has 37 heavy (non-hydrogen) atoms. The van der Waals surface area contributed by atoms with Crippen LogP contribution >= 0.6 is 22.9 Å². The largest absolute Gasteiger partial charge is 0.454 e. The minimum atomic E-state index is -3.67. The van der Waals surface area contributed by atoms with Crippen LogP contribution in [0.15, 0.2) is 70.4 Å². The van der Waals surface area contributed by atoms with Crippen molar-refractivity contribution in [2.24, 2.45) is 0 Å². The van der Waals surface area contributed by atoms with Crippen LogP contribution in [0, 0.1) is 0 Å². The molecule has 0 unspecified atom stereocenters. The quantitative estimate of drug-likeness (QED) is 0.356. The Kier molecular flexibility index (Phi) is 6.46. The lowest BCUT2D eigenvalue weighted by Gasteiger charge is -2.34. The molecule has 6 rings (SSSR count). The number of sulfonamides is 1. The van der Waals surface area contributed by atoms with Gasteiger partial charge in [-0.15, -0.1) is 0 Å². The molecule has 11 heteroatoms. The fourth-order valence-corrected chi connectivity index (χ4v) is 7.28. The number of piperazine rings is 1. The smallest absolute Gasteiger partial charge is 0.308 e. The number of halogens is 1. The molecule has 2 aliphatic heterocycles. The van der Waals surface area contributed by atoms with E-state index in [2.05, 4.69) is 4.90 Å². The maximum absolute atomic E-state index is 13.4. The summed E-state index contributed by atoms with van der Waals surface area (Å²) in [7, 11) is -3.67. The summed E-state index contributed by atoms with van der Waals surface area (Å²) in [5.74, 6) is 1.50. The summed E-state index contributed by atoms with van der Waals surface area (Å²) >= 11 is 7.03. The first-order valence-corrected chi connectivity index (χ1v) is 14.5. The molecule has 2 aliphatic rings. The Morgan fingerprint density at radius 3 is 2.35 bits per heavy atom. The molecule has 0 saturated carbocycles. The van der Waals surface area contributed by atoms with Gasteiger partial charge in [0.25, 0.3) is 0 Å². The topological polar surface area (TPSA) is 81.1 Å². The van der Waals surface area contributed by atoms with Crippen LogP contribution in [-0.4, -0.2) is 55.2 Å². The summed E-state index contributed by atoms with van der Waals surface area (Å²) in [5, 5.41) is 0.634. The Hall–Kier alpha value is -2.89. The van der Waals surface area contributed by atoms with Crippen molar-refractivity contribution >= 4 is 43.2 Å². The van der Waals surface area contributed by atoms with Crippen LogP contribution in [0.25, 0.3) is 10.2 Å². The van der Waals surface area contributed by atoms with Gasteiger partial charge in [-0.05, 0) is 53.6 Å². The Balaban J connectivity index is 1.15. The van der Waals surface area contributed by atoms with Gasteiger partial charge < -0.3 is 9.47 Å². The van der Waals surface area contributed by atoms with Crippen molar-refractivity contribution in [1.29, 1.82) is 0 Å². The van der Waals surface area contributed by atoms with Crippen molar-refractivity contribution in [1.82, 2.24) is 13.8 Å². The van der Waals surface area contributed by atoms with E-state index in [1.54, 1.807) is 34.9 Å². The third-order valence-corrected chi connectivity index (χ3v) is 9.79. The summed E-state index contributed by atoms with van der Waals surface area (Å²) in [5.41, 5.74) is 2.77. The van der Waals surface area contributed by atoms with Gasteiger partial charge >= 0.3 is 4.87 Å². The summed E-state index contributed by atoms with van der Waals surface area (Å²) in [4.78, 5) is 15.0. The van der Waals surface area contributed by atoms with Crippen molar-refractivity contribution < 1.29 is 17.9 Å². The molecular weight excluding hydrogens is 534 g/mol. The first-order valence-electron chi connectivity index (χ1n) is 11.9. The lowest BCUT2D eigenvalue weighted by molar-refractivity contribution is 0.173. The number of benzene rings is 3. The second-order valence-corrected chi connectivity index (χ2v) is 12.4. The number of aromatic nitrogens is 1. The first-order chi connectivity index (χ1) is 17.9. The van der Waals surface area contributed by atoms with Gasteiger partial charge in [0.2, 0.25) is 16.8 Å². The maximum atomic E-state index is 13.4. The van der Waals surface area contributed by atoms with Crippen LogP contribution < -0.4 is 14.3 Å². The highest BCUT2D eigenvalue weighted by Crippen LogP contribution is 2.33. The van der Waals surface area contributed by atoms with E-state index < -0.39 is 10.0 Å². The zero-order chi connectivity index (χ0) is 25.6. The van der Waals surface area contributed by atoms with E-state index >= 15 is 0 Å². The van der Waals surface area contributed by atoms with Gasteiger partial charge in [-0.3, -0.25) is 14.3 Å². The molecule has 3 aromatic carbocycles. The lowest BCUT2D eigenvalue weighted by Crippen LogP contribution is -2.48. The number of fused-ring (bicyclic) bond motifs is 2. The first kappa shape index (κ1) is 24.4. The molecule has 0 bridgehead atoms. The molecule has 0 amide bonds. The van der Waals surface area contributed by atoms with E-state index in [0.29, 0.717) is 49.0 Å². The van der Waals surface area contributed by atoms with Gasteiger partial charge in [-0.1, -0.05) is 41.1 Å². The molecule has 8 nitrogen and oxygen atoms in total. The van der Waals surface area contributed by atoms with Crippen molar-refractivity contribution in [3.8, 4) is 11.5 Å². The van der Waals surface area contributed by atoms with Crippen LogP contribution in [0.2, 0.25) is 5.02 Å². The molecule has 0 radical (unpaired) electrons. The molecule has 3 heterocycles. The number of ether oxygens (including phenoxy) is 2. The molecule has 192 valence electrons. The van der Waals surface area contributed by atoms with Crippen molar-refractivity contribution in [3.63, 3.8) is 0 Å². The van der Waals surface area contributed by atoms with Gasteiger partial charge in [-0.2, -0.15) is 4.31 Å². The monoisotopic (exact) mass is 557 g/mol. The minimum absolute atomic E-state index is 0.128. The molecule has 1 saturated heterocycles. The summed E-state index contributed by atoms with van der Waals surface area (Å²) in [6, 6.07) is 18.2. The average Bonchev–Trinajstić information content (AvgIpc) is 3.49. The zero-order valence-electron chi connectivity index (χ0n) is 19.8. The Labute approximate surface area is 223 Å². The van der Waals surface area contributed by atoms with Crippen LogP contribution in [0.1, 0.15) is 11.1 Å². The predicted molar refractivity (Wildman–Crippen MR) is 143 cm³/mol. The van der Waals surface area contributed by atoms with E-state index in [4.69, 9.17) is 21.1 Å². The van der Waals surface area contributed by atoms with Crippen LogP contribution in [0.3, 0.4) is 0 Å². The number of rotatable bonds is 6. The van der Waals surface area contributed by atoms with Crippen molar-refractivity contribution in [2.45, 2.75) is 18.0 Å². The van der Waals surface area contributed by atoms with Gasteiger partial charge in [-0.25, -0.2) is 8.42 Å². The van der Waals surface area contributed by atoms with Crippen LogP contribution in [0.5, 0.6) is 11.5 Å². The van der Waals surface area contributed by atoms with Gasteiger partial charge in [0.15, 0.2) is 11.5 Å². The lowest BCUT2D eigenvalue weighted by atomic mass is 10.2. The van der Waals surface area contributed by atoms with Crippen LogP contribution in [-0.2, 0) is 23.1 Å². The summed E-state index contributed by atoms with van der Waals surface area (Å²) in [6.45, 7) is 3.41. The van der Waals surface area contributed by atoms with E-state index in [9.17, 15) is 13.2 Å². The second-order valence-electron chi connectivity index (χ2n) is 9.08. The molecule has 0 N–H and O–H groups in total. The fraction of sp³-hybridized carbons (Fsp3) is 0.269. The van der Waals surface area contributed by atoms with Gasteiger partial charge in [0.05, 0.1) is 21.7 Å². The summed E-state index contributed by atoms with van der Waals surface area (Å²) < 4.78 is 41.5.